The molecule has 2 aromatic rings. The average molecular weight is 504 g/mol. The van der Waals surface area contributed by atoms with Crippen LogP contribution in [0.3, 0.4) is 0 Å². The molecule has 0 radical (unpaired) electrons. The molecular formula is C25H30ClN3O6. The van der Waals surface area contributed by atoms with Crippen LogP contribution in [0.2, 0.25) is 5.02 Å². The number of nitrogens with one attached hydrogen (secondary N) is 1. The van der Waals surface area contributed by atoms with E-state index in [2.05, 4.69) is 5.32 Å². The molecule has 1 atom stereocenters. The molecule has 1 aliphatic rings. The summed E-state index contributed by atoms with van der Waals surface area (Å²) in [4.78, 5) is 38.5. The van der Waals surface area contributed by atoms with E-state index in [1.807, 2.05) is 19.1 Å². The van der Waals surface area contributed by atoms with E-state index in [0.29, 0.717) is 17.0 Å². The van der Waals surface area contributed by atoms with Crippen molar-refractivity contribution in [2.75, 3.05) is 13.7 Å². The number of nitrogens with zero attached hydrogens (tertiary/aromatic N) is 2. The number of nitro groups is 1. The Labute approximate surface area is 209 Å². The highest BCUT2D eigenvalue weighted by atomic mass is 35.5. The molecule has 0 aromatic heterocycles. The fourth-order valence-corrected chi connectivity index (χ4v) is 4.42. The Kier molecular flexibility index (Phi) is 9.31. The maximum Gasteiger partial charge on any atom is 0.311 e. The average Bonchev–Trinajstić information content (AvgIpc) is 3.36. The number of methoxy groups -OCH3 is 1. The summed E-state index contributed by atoms with van der Waals surface area (Å²) < 4.78 is 10.7. The zero-order chi connectivity index (χ0) is 25.4. The summed E-state index contributed by atoms with van der Waals surface area (Å²) in [7, 11) is 1.32. The van der Waals surface area contributed by atoms with Gasteiger partial charge >= 0.3 is 5.69 Å². The van der Waals surface area contributed by atoms with Crippen LogP contribution in [-0.4, -0.2) is 47.4 Å². The van der Waals surface area contributed by atoms with Crippen molar-refractivity contribution in [3.8, 4) is 11.5 Å². The molecule has 2 amide bonds. The van der Waals surface area contributed by atoms with E-state index in [9.17, 15) is 19.7 Å². The van der Waals surface area contributed by atoms with Crippen LogP contribution in [0.15, 0.2) is 42.5 Å². The van der Waals surface area contributed by atoms with Crippen molar-refractivity contribution in [1.82, 2.24) is 10.2 Å². The summed E-state index contributed by atoms with van der Waals surface area (Å²) in [5.41, 5.74) is 0.507. The second-order valence-electron chi connectivity index (χ2n) is 8.41. The summed E-state index contributed by atoms with van der Waals surface area (Å²) >= 11 is 6.35. The lowest BCUT2D eigenvalue weighted by molar-refractivity contribution is -0.385. The summed E-state index contributed by atoms with van der Waals surface area (Å²) in [6.07, 6.45) is 4.45. The minimum atomic E-state index is -0.700. The highest BCUT2D eigenvalue weighted by molar-refractivity contribution is 6.31. The van der Waals surface area contributed by atoms with E-state index < -0.39 is 16.9 Å². The number of hydrogen-bond donors (Lipinski definition) is 1. The first-order chi connectivity index (χ1) is 16.8. The second-order valence-corrected chi connectivity index (χ2v) is 8.81. The molecule has 1 N–H and O–H groups in total. The lowest BCUT2D eigenvalue weighted by Crippen LogP contribution is -2.52. The molecule has 35 heavy (non-hydrogen) atoms. The topological polar surface area (TPSA) is 111 Å². The molecule has 1 aliphatic carbocycles. The van der Waals surface area contributed by atoms with Gasteiger partial charge in [-0.25, -0.2) is 0 Å². The van der Waals surface area contributed by atoms with E-state index in [1.54, 1.807) is 12.1 Å². The minimum Gasteiger partial charge on any atom is -0.490 e. The van der Waals surface area contributed by atoms with Gasteiger partial charge in [-0.3, -0.25) is 19.7 Å². The van der Waals surface area contributed by atoms with Gasteiger partial charge < -0.3 is 19.7 Å². The van der Waals surface area contributed by atoms with Crippen LogP contribution < -0.4 is 14.8 Å². The Morgan fingerprint density at radius 1 is 1.23 bits per heavy atom. The lowest BCUT2D eigenvalue weighted by Gasteiger charge is -2.31. The molecule has 0 spiro atoms. The third kappa shape index (κ3) is 6.85. The van der Waals surface area contributed by atoms with Crippen molar-refractivity contribution < 1.29 is 24.0 Å². The van der Waals surface area contributed by atoms with Crippen LogP contribution in [0.4, 0.5) is 5.69 Å². The molecule has 9 nitrogen and oxygen atoms in total. The second kappa shape index (κ2) is 12.4. The van der Waals surface area contributed by atoms with Gasteiger partial charge in [-0.15, -0.1) is 0 Å². The summed E-state index contributed by atoms with van der Waals surface area (Å²) in [5.74, 6) is -0.343. The highest BCUT2D eigenvalue weighted by Crippen LogP contribution is 2.31. The van der Waals surface area contributed by atoms with Gasteiger partial charge in [-0.1, -0.05) is 49.6 Å². The smallest absolute Gasteiger partial charge is 0.311 e. The highest BCUT2D eigenvalue weighted by Gasteiger charge is 2.31. The van der Waals surface area contributed by atoms with Gasteiger partial charge in [0.05, 0.1) is 12.0 Å². The minimum absolute atomic E-state index is 0.0234. The molecule has 2 aromatic carbocycles. The zero-order valence-electron chi connectivity index (χ0n) is 19.9. The molecule has 0 heterocycles. The Bertz CT molecular complexity index is 1060. The number of ether oxygens (including phenoxy) is 2. The van der Waals surface area contributed by atoms with Crippen LogP contribution in [0, 0.1) is 10.1 Å². The van der Waals surface area contributed by atoms with E-state index >= 15 is 0 Å². The summed E-state index contributed by atoms with van der Waals surface area (Å²) in [5, 5.41) is 14.7. The number of halogens is 1. The fourth-order valence-electron chi connectivity index (χ4n) is 4.22. The number of nitro benzene ring substituents is 1. The predicted octanol–water partition coefficient (Wildman–Crippen LogP) is 4.50. The van der Waals surface area contributed by atoms with Crippen molar-refractivity contribution in [3.63, 3.8) is 0 Å². The van der Waals surface area contributed by atoms with Gasteiger partial charge in [-0.2, -0.15) is 0 Å². The molecule has 188 valence electrons. The number of carbonyl (C=O) groups excluding carboxylic acids is 2. The van der Waals surface area contributed by atoms with Gasteiger partial charge in [0.2, 0.25) is 11.7 Å². The molecule has 1 fully saturated rings. The third-order valence-electron chi connectivity index (χ3n) is 6.10. The van der Waals surface area contributed by atoms with Crippen molar-refractivity contribution in [1.29, 1.82) is 0 Å². The van der Waals surface area contributed by atoms with Crippen molar-refractivity contribution in [3.05, 3.63) is 63.2 Å². The quantitative estimate of drug-likeness (QED) is 0.357. The molecule has 0 saturated heterocycles. The molecule has 3 rings (SSSR count). The van der Waals surface area contributed by atoms with Crippen LogP contribution in [0.5, 0.6) is 11.5 Å². The predicted molar refractivity (Wildman–Crippen MR) is 132 cm³/mol. The summed E-state index contributed by atoms with van der Waals surface area (Å²) in [6, 6.07) is 10.6. The van der Waals surface area contributed by atoms with Gasteiger partial charge in [0.1, 0.15) is 11.8 Å². The largest absolute Gasteiger partial charge is 0.490 e. The molecule has 10 heteroatoms. The van der Waals surface area contributed by atoms with Gasteiger partial charge in [0.25, 0.3) is 5.91 Å². The Morgan fingerprint density at radius 3 is 2.57 bits per heavy atom. The SMILES string of the molecule is CC[C@H](C(=O)NC1CCCC1)N(Cc1ccccc1Cl)C(=O)COc1ccc([N+](=O)[O-])c(OC)c1. The van der Waals surface area contributed by atoms with E-state index in [1.165, 1.54) is 30.2 Å². The van der Waals surface area contributed by atoms with Crippen LogP contribution in [0.1, 0.15) is 44.6 Å². The Balaban J connectivity index is 1.79. The Morgan fingerprint density at radius 2 is 1.94 bits per heavy atom. The van der Waals surface area contributed by atoms with Crippen LogP contribution >= 0.6 is 11.6 Å². The molecule has 0 unspecified atom stereocenters. The van der Waals surface area contributed by atoms with Gasteiger partial charge in [0, 0.05) is 29.7 Å². The van der Waals surface area contributed by atoms with E-state index in [4.69, 9.17) is 21.1 Å². The van der Waals surface area contributed by atoms with E-state index in [0.717, 1.165) is 25.7 Å². The number of rotatable bonds is 11. The molecular weight excluding hydrogens is 474 g/mol. The normalized spacial score (nSPS) is 14.3. The molecule has 0 aliphatic heterocycles. The maximum absolute atomic E-state index is 13.3. The maximum atomic E-state index is 13.3. The standard InChI is InChI=1S/C25H30ClN3O6/c1-3-21(25(31)27-18-9-5-6-10-18)28(15-17-8-4-7-11-20(17)26)24(30)16-35-19-12-13-22(29(32)33)23(14-19)34-2/h4,7-8,11-14,18,21H,3,5-6,9-10,15-16H2,1-2H3,(H,27,31)/t21-/m1/s1. The third-order valence-corrected chi connectivity index (χ3v) is 6.46. The van der Waals surface area contributed by atoms with Crippen molar-refractivity contribution in [2.24, 2.45) is 0 Å². The number of carbonyl (C=O) groups is 2. The van der Waals surface area contributed by atoms with Crippen LogP contribution in [0.25, 0.3) is 0 Å². The molecule has 1 saturated carbocycles. The lowest BCUT2D eigenvalue weighted by atomic mass is 10.1. The first-order valence-electron chi connectivity index (χ1n) is 11.6. The zero-order valence-corrected chi connectivity index (χ0v) is 20.6. The van der Waals surface area contributed by atoms with Gasteiger partial charge in [-0.05, 0) is 37.0 Å². The number of hydrogen-bond acceptors (Lipinski definition) is 6. The number of amides is 2. The molecule has 0 bridgehead atoms. The fraction of sp³-hybridized carbons (Fsp3) is 0.440. The summed E-state index contributed by atoms with van der Waals surface area (Å²) in [6.45, 7) is 1.63. The number of benzene rings is 2. The Hall–Kier alpha value is -3.33. The van der Waals surface area contributed by atoms with Crippen molar-refractivity contribution >= 4 is 29.1 Å². The first-order valence-corrected chi connectivity index (χ1v) is 12.0. The monoisotopic (exact) mass is 503 g/mol. The first kappa shape index (κ1) is 26.3. The van der Waals surface area contributed by atoms with Crippen LogP contribution in [-0.2, 0) is 16.1 Å². The van der Waals surface area contributed by atoms with Crippen molar-refractivity contribution in [2.45, 2.75) is 57.7 Å². The van der Waals surface area contributed by atoms with Gasteiger partial charge in [0.15, 0.2) is 6.61 Å². The van der Waals surface area contributed by atoms with E-state index in [-0.39, 0.29) is 42.3 Å².